The van der Waals surface area contributed by atoms with Gasteiger partial charge in [0, 0.05) is 51.4 Å². The number of hydrogen-bond acceptors (Lipinski definition) is 5. The summed E-state index contributed by atoms with van der Waals surface area (Å²) < 4.78 is 27.2. The summed E-state index contributed by atoms with van der Waals surface area (Å²) >= 11 is 0. The van der Waals surface area contributed by atoms with Crippen LogP contribution in [0, 0.1) is 12.8 Å². The number of likely N-dealkylation sites (N-methyl/N-ethyl adjacent to an activating group) is 1. The van der Waals surface area contributed by atoms with Gasteiger partial charge < -0.3 is 15.1 Å². The Labute approximate surface area is 195 Å². The molecule has 1 unspecified atom stereocenters. The number of nitrogens with one attached hydrogen (secondary N) is 1. The van der Waals surface area contributed by atoms with E-state index in [0.29, 0.717) is 32.7 Å². The molecule has 2 aromatic carbocycles. The molecule has 2 amide bonds. The van der Waals surface area contributed by atoms with Crippen molar-refractivity contribution in [2.45, 2.75) is 24.8 Å². The van der Waals surface area contributed by atoms with Gasteiger partial charge in [-0.15, -0.1) is 0 Å². The largest absolute Gasteiger partial charge is 0.352 e. The number of nitrogens with zero attached hydrogens (tertiary/aromatic N) is 3. The summed E-state index contributed by atoms with van der Waals surface area (Å²) in [5.41, 5.74) is 2.72. The Kier molecular flexibility index (Phi) is 6.83. The van der Waals surface area contributed by atoms with E-state index in [1.54, 1.807) is 29.2 Å². The van der Waals surface area contributed by atoms with Crippen molar-refractivity contribution in [3.8, 4) is 0 Å². The number of anilines is 1. The summed E-state index contributed by atoms with van der Waals surface area (Å²) in [7, 11) is -1.53. The number of rotatable bonds is 6. The first-order chi connectivity index (χ1) is 15.7. The van der Waals surface area contributed by atoms with Crippen LogP contribution in [0.15, 0.2) is 53.4 Å². The molecule has 2 aromatic rings. The SMILES string of the molecule is Cc1ccc(N2CC(C(=O)NCc3ccc(S(=O)(=O)N4CCN(C)CC4)cc3)CC2=O)cc1. The van der Waals surface area contributed by atoms with Gasteiger partial charge in [0.15, 0.2) is 0 Å². The first-order valence-corrected chi connectivity index (χ1v) is 12.6. The van der Waals surface area contributed by atoms with Crippen LogP contribution in [0.2, 0.25) is 0 Å². The molecule has 0 bridgehead atoms. The molecule has 4 rings (SSSR count). The zero-order chi connectivity index (χ0) is 23.6. The van der Waals surface area contributed by atoms with Crippen LogP contribution in [-0.2, 0) is 26.2 Å². The van der Waals surface area contributed by atoms with Gasteiger partial charge in [0.05, 0.1) is 10.8 Å². The smallest absolute Gasteiger partial charge is 0.243 e. The van der Waals surface area contributed by atoms with E-state index < -0.39 is 15.9 Å². The highest BCUT2D eigenvalue weighted by Gasteiger charge is 2.35. The van der Waals surface area contributed by atoms with Gasteiger partial charge in [0.1, 0.15) is 0 Å². The number of amides is 2. The van der Waals surface area contributed by atoms with Gasteiger partial charge >= 0.3 is 0 Å². The maximum Gasteiger partial charge on any atom is 0.243 e. The van der Waals surface area contributed by atoms with E-state index in [1.807, 2.05) is 38.2 Å². The number of benzene rings is 2. The molecular formula is C24H30N4O4S. The van der Waals surface area contributed by atoms with Crippen LogP contribution >= 0.6 is 0 Å². The van der Waals surface area contributed by atoms with Crippen molar-refractivity contribution in [2.24, 2.45) is 5.92 Å². The number of sulfonamides is 1. The Morgan fingerprint density at radius 3 is 2.27 bits per heavy atom. The van der Waals surface area contributed by atoms with Crippen LogP contribution in [0.25, 0.3) is 0 Å². The minimum absolute atomic E-state index is 0.0579. The molecule has 0 radical (unpaired) electrons. The molecule has 8 nitrogen and oxygen atoms in total. The van der Waals surface area contributed by atoms with E-state index in [0.717, 1.165) is 16.8 Å². The molecule has 1 N–H and O–H groups in total. The van der Waals surface area contributed by atoms with Crippen LogP contribution in [0.4, 0.5) is 5.69 Å². The Morgan fingerprint density at radius 1 is 1.00 bits per heavy atom. The fourth-order valence-corrected chi connectivity index (χ4v) is 5.57. The molecule has 0 aromatic heterocycles. The predicted octanol–water partition coefficient (Wildman–Crippen LogP) is 1.60. The second-order valence-electron chi connectivity index (χ2n) is 8.81. The Hall–Kier alpha value is -2.75. The van der Waals surface area contributed by atoms with Gasteiger partial charge in [-0.1, -0.05) is 29.8 Å². The van der Waals surface area contributed by atoms with Crippen molar-refractivity contribution >= 4 is 27.5 Å². The van der Waals surface area contributed by atoms with Crippen molar-refractivity contribution in [1.82, 2.24) is 14.5 Å². The minimum atomic E-state index is -3.51. The number of carbonyl (C=O) groups is 2. The van der Waals surface area contributed by atoms with Gasteiger partial charge in [-0.25, -0.2) is 8.42 Å². The van der Waals surface area contributed by atoms with Crippen molar-refractivity contribution < 1.29 is 18.0 Å². The predicted molar refractivity (Wildman–Crippen MR) is 126 cm³/mol. The molecule has 2 heterocycles. The summed E-state index contributed by atoms with van der Waals surface area (Å²) in [6.45, 7) is 5.02. The number of aryl methyl sites for hydroxylation is 1. The van der Waals surface area contributed by atoms with E-state index in [4.69, 9.17) is 0 Å². The zero-order valence-corrected chi connectivity index (χ0v) is 19.8. The van der Waals surface area contributed by atoms with E-state index in [9.17, 15) is 18.0 Å². The summed E-state index contributed by atoms with van der Waals surface area (Å²) in [6.07, 6.45) is 0.182. The third-order valence-electron chi connectivity index (χ3n) is 6.33. The molecule has 2 aliphatic rings. The summed E-state index contributed by atoms with van der Waals surface area (Å²) in [4.78, 5) is 29.1. The van der Waals surface area contributed by atoms with E-state index in [2.05, 4.69) is 10.2 Å². The third kappa shape index (κ3) is 5.26. The summed E-state index contributed by atoms with van der Waals surface area (Å²) in [5, 5.41) is 2.89. The van der Waals surface area contributed by atoms with Crippen LogP contribution in [0.1, 0.15) is 17.5 Å². The first kappa shape index (κ1) is 23.4. The second kappa shape index (κ2) is 9.62. The minimum Gasteiger partial charge on any atom is -0.352 e. The normalized spacial score (nSPS) is 20.2. The maximum absolute atomic E-state index is 12.8. The molecular weight excluding hydrogens is 440 g/mol. The molecule has 33 heavy (non-hydrogen) atoms. The lowest BCUT2D eigenvalue weighted by molar-refractivity contribution is -0.126. The van der Waals surface area contributed by atoms with Gasteiger partial charge in [0.25, 0.3) is 0 Å². The summed E-state index contributed by atoms with van der Waals surface area (Å²) in [5.74, 6) is -0.639. The lowest BCUT2D eigenvalue weighted by atomic mass is 10.1. The molecule has 2 fully saturated rings. The number of carbonyl (C=O) groups excluding carboxylic acids is 2. The van der Waals surface area contributed by atoms with Crippen LogP contribution in [-0.4, -0.2) is 69.2 Å². The molecule has 1 atom stereocenters. The molecule has 176 valence electrons. The summed E-state index contributed by atoms with van der Waals surface area (Å²) in [6, 6.07) is 14.3. The topological polar surface area (TPSA) is 90.0 Å². The van der Waals surface area contributed by atoms with E-state index >= 15 is 0 Å². The van der Waals surface area contributed by atoms with Crippen LogP contribution in [0.5, 0.6) is 0 Å². The van der Waals surface area contributed by atoms with Gasteiger partial charge in [-0.2, -0.15) is 4.31 Å². The zero-order valence-electron chi connectivity index (χ0n) is 19.0. The van der Waals surface area contributed by atoms with Crippen LogP contribution < -0.4 is 10.2 Å². The highest BCUT2D eigenvalue weighted by molar-refractivity contribution is 7.89. The fourth-order valence-electron chi connectivity index (χ4n) is 4.15. The van der Waals surface area contributed by atoms with Crippen molar-refractivity contribution in [1.29, 1.82) is 0 Å². The van der Waals surface area contributed by atoms with Crippen LogP contribution in [0.3, 0.4) is 0 Å². The number of piperazine rings is 1. The molecule has 2 aliphatic heterocycles. The Morgan fingerprint density at radius 2 is 1.64 bits per heavy atom. The maximum atomic E-state index is 12.8. The first-order valence-electron chi connectivity index (χ1n) is 11.2. The van der Waals surface area contributed by atoms with Gasteiger partial charge in [-0.05, 0) is 43.8 Å². The van der Waals surface area contributed by atoms with Gasteiger partial charge in [0.2, 0.25) is 21.8 Å². The standard InChI is InChI=1S/C24H30N4O4S/c1-18-3-7-21(8-4-18)28-17-20(15-23(28)29)24(30)25-16-19-5-9-22(10-6-19)33(31,32)27-13-11-26(2)12-14-27/h3-10,20H,11-17H2,1-2H3,(H,25,30). The lowest BCUT2D eigenvalue weighted by Crippen LogP contribution is -2.47. The lowest BCUT2D eigenvalue weighted by Gasteiger charge is -2.31. The van der Waals surface area contributed by atoms with E-state index in [-0.39, 0.29) is 29.7 Å². The van der Waals surface area contributed by atoms with Crippen molar-refractivity contribution in [3.05, 3.63) is 59.7 Å². The Bertz CT molecular complexity index is 1110. The monoisotopic (exact) mass is 470 g/mol. The Balaban J connectivity index is 1.32. The molecule has 2 saturated heterocycles. The molecule has 0 aliphatic carbocycles. The molecule has 0 saturated carbocycles. The average Bonchev–Trinajstić information content (AvgIpc) is 3.20. The van der Waals surface area contributed by atoms with Crippen molar-refractivity contribution in [2.75, 3.05) is 44.7 Å². The number of hydrogen-bond donors (Lipinski definition) is 1. The average molecular weight is 471 g/mol. The van der Waals surface area contributed by atoms with Crippen molar-refractivity contribution in [3.63, 3.8) is 0 Å². The van der Waals surface area contributed by atoms with E-state index in [1.165, 1.54) is 4.31 Å². The highest BCUT2D eigenvalue weighted by Crippen LogP contribution is 2.25. The molecule has 0 spiro atoms. The highest BCUT2D eigenvalue weighted by atomic mass is 32.2. The fraction of sp³-hybridized carbons (Fsp3) is 0.417. The second-order valence-corrected chi connectivity index (χ2v) is 10.7. The third-order valence-corrected chi connectivity index (χ3v) is 8.24. The quantitative estimate of drug-likeness (QED) is 0.693. The van der Waals surface area contributed by atoms with Gasteiger partial charge in [-0.3, -0.25) is 9.59 Å². The molecule has 9 heteroatoms.